The molecule has 0 aliphatic carbocycles. The molecule has 4 nitrogen and oxygen atoms in total. The number of carboxylic acid groups (broad SMARTS) is 1. The summed E-state index contributed by atoms with van der Waals surface area (Å²) in [6, 6.07) is 0. The summed E-state index contributed by atoms with van der Waals surface area (Å²) < 4.78 is 5.20. The van der Waals surface area contributed by atoms with E-state index in [1.807, 2.05) is 0 Å². The molecule has 0 radical (unpaired) electrons. The molecule has 4 heteroatoms. The van der Waals surface area contributed by atoms with Crippen LogP contribution in [0.5, 0.6) is 0 Å². The minimum atomic E-state index is -1.26. The lowest BCUT2D eigenvalue weighted by molar-refractivity contribution is -0.145. The molecular weight excluding hydrogens is 182 g/mol. The first-order valence-corrected chi connectivity index (χ1v) is 5.10. The molecule has 0 saturated heterocycles. The van der Waals surface area contributed by atoms with Crippen LogP contribution in [0.25, 0.3) is 0 Å². The molecule has 0 aliphatic rings. The van der Waals surface area contributed by atoms with Gasteiger partial charge in [-0.2, -0.15) is 0 Å². The topological polar surface area (TPSA) is 72.5 Å². The first-order chi connectivity index (χ1) is 6.50. The molecule has 3 N–H and O–H groups in total. The molecule has 0 rings (SSSR count). The van der Waals surface area contributed by atoms with Gasteiger partial charge in [-0.1, -0.05) is 26.2 Å². The lowest BCUT2D eigenvalue weighted by atomic mass is 10.1. The SMILES string of the molecule is CCCCCCOCC(C)(N)C(=O)O. The van der Waals surface area contributed by atoms with E-state index >= 15 is 0 Å². The van der Waals surface area contributed by atoms with Crippen molar-refractivity contribution >= 4 is 5.97 Å². The summed E-state index contributed by atoms with van der Waals surface area (Å²) >= 11 is 0. The fourth-order valence-electron chi connectivity index (χ4n) is 0.977. The van der Waals surface area contributed by atoms with E-state index in [2.05, 4.69) is 6.92 Å². The van der Waals surface area contributed by atoms with Gasteiger partial charge in [-0.05, 0) is 13.3 Å². The second kappa shape index (κ2) is 6.79. The van der Waals surface area contributed by atoms with Crippen molar-refractivity contribution in [3.63, 3.8) is 0 Å². The van der Waals surface area contributed by atoms with Crippen LogP contribution in [-0.4, -0.2) is 29.8 Å². The molecular formula is C10H21NO3. The fourth-order valence-corrected chi connectivity index (χ4v) is 0.977. The van der Waals surface area contributed by atoms with Crippen LogP contribution in [0.3, 0.4) is 0 Å². The highest BCUT2D eigenvalue weighted by Crippen LogP contribution is 2.03. The van der Waals surface area contributed by atoms with E-state index in [1.165, 1.54) is 19.8 Å². The van der Waals surface area contributed by atoms with Gasteiger partial charge in [0.2, 0.25) is 0 Å². The van der Waals surface area contributed by atoms with E-state index in [-0.39, 0.29) is 6.61 Å². The number of rotatable bonds is 8. The third-order valence-corrected chi connectivity index (χ3v) is 2.03. The van der Waals surface area contributed by atoms with Crippen molar-refractivity contribution < 1.29 is 14.6 Å². The number of nitrogens with two attached hydrogens (primary N) is 1. The molecule has 0 aromatic heterocycles. The monoisotopic (exact) mass is 203 g/mol. The van der Waals surface area contributed by atoms with E-state index in [0.29, 0.717) is 6.61 Å². The zero-order chi connectivity index (χ0) is 11.0. The van der Waals surface area contributed by atoms with Crippen LogP contribution in [-0.2, 0) is 9.53 Å². The highest BCUT2D eigenvalue weighted by molar-refractivity contribution is 5.77. The number of aliphatic carboxylic acids is 1. The molecule has 0 aromatic rings. The first kappa shape index (κ1) is 13.4. The summed E-state index contributed by atoms with van der Waals surface area (Å²) in [7, 11) is 0. The molecule has 84 valence electrons. The van der Waals surface area contributed by atoms with Crippen LogP contribution in [0.4, 0.5) is 0 Å². The van der Waals surface area contributed by atoms with Crippen LogP contribution >= 0.6 is 0 Å². The standard InChI is InChI=1S/C10H21NO3/c1-3-4-5-6-7-14-8-10(2,11)9(12)13/h3-8,11H2,1-2H3,(H,12,13). The molecule has 0 aromatic carbocycles. The van der Waals surface area contributed by atoms with Crippen molar-refractivity contribution in [3.8, 4) is 0 Å². The molecule has 0 amide bonds. The Bertz CT molecular complexity index is 169. The largest absolute Gasteiger partial charge is 0.480 e. The Labute approximate surface area is 85.4 Å². The second-order valence-electron chi connectivity index (χ2n) is 3.84. The molecule has 0 spiro atoms. The quantitative estimate of drug-likeness (QED) is 0.585. The van der Waals surface area contributed by atoms with Crippen molar-refractivity contribution in [2.45, 2.75) is 45.1 Å². The van der Waals surface area contributed by atoms with Gasteiger partial charge in [-0.25, -0.2) is 0 Å². The lowest BCUT2D eigenvalue weighted by Crippen LogP contribution is -2.49. The highest BCUT2D eigenvalue weighted by Gasteiger charge is 2.27. The summed E-state index contributed by atoms with van der Waals surface area (Å²) in [5.41, 5.74) is 4.22. The molecule has 0 bridgehead atoms. The zero-order valence-electron chi connectivity index (χ0n) is 9.08. The van der Waals surface area contributed by atoms with Crippen LogP contribution in [0.15, 0.2) is 0 Å². The number of hydrogen-bond donors (Lipinski definition) is 2. The third kappa shape index (κ3) is 5.94. The third-order valence-electron chi connectivity index (χ3n) is 2.03. The number of carboxylic acids is 1. The maximum atomic E-state index is 10.6. The average Bonchev–Trinajstić information content (AvgIpc) is 2.10. The van der Waals surface area contributed by atoms with Gasteiger partial charge in [0.1, 0.15) is 5.54 Å². The van der Waals surface area contributed by atoms with Crippen LogP contribution in [0.1, 0.15) is 39.5 Å². The maximum absolute atomic E-state index is 10.6. The van der Waals surface area contributed by atoms with E-state index in [0.717, 1.165) is 12.8 Å². The van der Waals surface area contributed by atoms with Crippen LogP contribution in [0.2, 0.25) is 0 Å². The van der Waals surface area contributed by atoms with Gasteiger partial charge in [-0.15, -0.1) is 0 Å². The Hall–Kier alpha value is -0.610. The van der Waals surface area contributed by atoms with Crippen molar-refractivity contribution in [2.24, 2.45) is 5.73 Å². The van der Waals surface area contributed by atoms with E-state index in [9.17, 15) is 4.79 Å². The zero-order valence-corrected chi connectivity index (χ0v) is 9.08. The lowest BCUT2D eigenvalue weighted by Gasteiger charge is -2.18. The van der Waals surface area contributed by atoms with E-state index in [4.69, 9.17) is 15.6 Å². The maximum Gasteiger partial charge on any atom is 0.325 e. The Morgan fingerprint density at radius 2 is 2.07 bits per heavy atom. The van der Waals surface area contributed by atoms with E-state index in [1.54, 1.807) is 0 Å². The summed E-state index contributed by atoms with van der Waals surface area (Å²) in [5, 5.41) is 8.68. The second-order valence-corrected chi connectivity index (χ2v) is 3.84. The predicted molar refractivity (Wildman–Crippen MR) is 55.2 cm³/mol. The molecule has 0 aliphatic heterocycles. The Morgan fingerprint density at radius 1 is 1.43 bits per heavy atom. The molecule has 0 saturated carbocycles. The van der Waals surface area contributed by atoms with Gasteiger partial charge in [0.05, 0.1) is 6.61 Å². The number of unbranched alkanes of at least 4 members (excludes halogenated alkanes) is 3. The van der Waals surface area contributed by atoms with Gasteiger partial charge in [-0.3, -0.25) is 4.79 Å². The minimum Gasteiger partial charge on any atom is -0.480 e. The van der Waals surface area contributed by atoms with Crippen molar-refractivity contribution in [1.29, 1.82) is 0 Å². The smallest absolute Gasteiger partial charge is 0.325 e. The van der Waals surface area contributed by atoms with Crippen molar-refractivity contribution in [3.05, 3.63) is 0 Å². The normalized spacial score (nSPS) is 15.1. The van der Waals surface area contributed by atoms with Crippen molar-refractivity contribution in [1.82, 2.24) is 0 Å². The first-order valence-electron chi connectivity index (χ1n) is 5.10. The van der Waals surface area contributed by atoms with Gasteiger partial charge in [0.25, 0.3) is 0 Å². The Morgan fingerprint density at radius 3 is 2.57 bits per heavy atom. The molecule has 1 atom stereocenters. The molecule has 0 fully saturated rings. The van der Waals surface area contributed by atoms with Crippen LogP contribution in [0, 0.1) is 0 Å². The van der Waals surface area contributed by atoms with Crippen molar-refractivity contribution in [2.75, 3.05) is 13.2 Å². The predicted octanol–water partition coefficient (Wildman–Crippen LogP) is 1.39. The molecule has 0 heterocycles. The van der Waals surface area contributed by atoms with Crippen LogP contribution < -0.4 is 5.73 Å². The summed E-state index contributed by atoms with van der Waals surface area (Å²) in [6.07, 6.45) is 4.49. The van der Waals surface area contributed by atoms with Gasteiger partial charge >= 0.3 is 5.97 Å². The summed E-state index contributed by atoms with van der Waals surface area (Å²) in [4.78, 5) is 10.6. The Kier molecular flexibility index (Phi) is 6.49. The van der Waals surface area contributed by atoms with Gasteiger partial charge in [0, 0.05) is 6.61 Å². The number of hydrogen-bond acceptors (Lipinski definition) is 3. The van der Waals surface area contributed by atoms with E-state index < -0.39 is 11.5 Å². The van der Waals surface area contributed by atoms with Gasteiger partial charge < -0.3 is 15.6 Å². The fraction of sp³-hybridized carbons (Fsp3) is 0.900. The number of ether oxygens (including phenoxy) is 1. The Balaban J connectivity index is 3.40. The molecule has 14 heavy (non-hydrogen) atoms. The summed E-state index contributed by atoms with van der Waals surface area (Å²) in [6.45, 7) is 4.28. The highest BCUT2D eigenvalue weighted by atomic mass is 16.5. The average molecular weight is 203 g/mol. The molecule has 1 unspecified atom stereocenters. The number of carbonyl (C=O) groups is 1. The summed E-state index contributed by atoms with van der Waals surface area (Å²) in [5.74, 6) is -1.02. The minimum absolute atomic E-state index is 0.0778. The van der Waals surface area contributed by atoms with Gasteiger partial charge in [0.15, 0.2) is 0 Å².